The summed E-state index contributed by atoms with van der Waals surface area (Å²) in [6.07, 6.45) is 1.47. The lowest BCUT2D eigenvalue weighted by Gasteiger charge is -2.06. The molecule has 0 bridgehead atoms. The number of rotatable bonds is 4. The van der Waals surface area contributed by atoms with Gasteiger partial charge in [0, 0.05) is 10.4 Å². The highest BCUT2D eigenvalue weighted by atomic mass is 32.1. The number of furan rings is 1. The molecule has 0 spiro atoms. The number of nitrogens with one attached hydrogen (secondary N) is 1. The maximum absolute atomic E-state index is 12.0. The van der Waals surface area contributed by atoms with Crippen molar-refractivity contribution in [2.24, 2.45) is 0 Å². The van der Waals surface area contributed by atoms with E-state index in [1.807, 2.05) is 32.0 Å². The van der Waals surface area contributed by atoms with Crippen LogP contribution in [0.3, 0.4) is 0 Å². The Morgan fingerprint density at radius 1 is 1.30 bits per heavy atom. The van der Waals surface area contributed by atoms with Crippen LogP contribution < -0.4 is 10.1 Å². The third-order valence-corrected chi connectivity index (χ3v) is 4.32. The van der Waals surface area contributed by atoms with Gasteiger partial charge < -0.3 is 9.15 Å². The van der Waals surface area contributed by atoms with E-state index in [2.05, 4.69) is 10.3 Å². The maximum atomic E-state index is 12.0. The average molecular weight is 328 g/mol. The number of aromatic nitrogens is 1. The number of ether oxygens (including phenoxy) is 1. The van der Waals surface area contributed by atoms with E-state index in [1.165, 1.54) is 17.6 Å². The first-order valence-corrected chi connectivity index (χ1v) is 7.87. The second-order valence-corrected chi connectivity index (χ2v) is 6.24. The SMILES string of the molecule is COc1ccc(-c2nc(NC(=O)c3ccco3)sc2C)cc1C. The molecular formula is C17H16N2O3S. The van der Waals surface area contributed by atoms with Crippen LogP contribution in [-0.4, -0.2) is 18.0 Å². The minimum Gasteiger partial charge on any atom is -0.496 e. The van der Waals surface area contributed by atoms with Crippen molar-refractivity contribution in [2.45, 2.75) is 13.8 Å². The molecule has 1 N–H and O–H groups in total. The first-order valence-electron chi connectivity index (χ1n) is 7.06. The molecule has 0 unspecified atom stereocenters. The van der Waals surface area contributed by atoms with Crippen LogP contribution in [0.4, 0.5) is 5.13 Å². The van der Waals surface area contributed by atoms with E-state index in [4.69, 9.17) is 9.15 Å². The van der Waals surface area contributed by atoms with Gasteiger partial charge >= 0.3 is 0 Å². The van der Waals surface area contributed by atoms with Crippen molar-refractivity contribution < 1.29 is 13.9 Å². The number of aryl methyl sites for hydroxylation is 2. The molecule has 0 radical (unpaired) electrons. The number of anilines is 1. The molecule has 0 fully saturated rings. The van der Waals surface area contributed by atoms with Crippen molar-refractivity contribution in [1.29, 1.82) is 0 Å². The topological polar surface area (TPSA) is 64.4 Å². The minimum absolute atomic E-state index is 0.264. The summed E-state index contributed by atoms with van der Waals surface area (Å²) in [5, 5.41) is 3.31. The Hall–Kier alpha value is -2.60. The van der Waals surface area contributed by atoms with Crippen molar-refractivity contribution in [3.8, 4) is 17.0 Å². The Kier molecular flexibility index (Phi) is 4.16. The van der Waals surface area contributed by atoms with Gasteiger partial charge in [-0.1, -0.05) is 0 Å². The predicted molar refractivity (Wildman–Crippen MR) is 90.2 cm³/mol. The van der Waals surface area contributed by atoms with Crippen LogP contribution in [0.25, 0.3) is 11.3 Å². The van der Waals surface area contributed by atoms with Crippen LogP contribution in [0, 0.1) is 13.8 Å². The van der Waals surface area contributed by atoms with E-state index in [9.17, 15) is 4.79 Å². The fourth-order valence-electron chi connectivity index (χ4n) is 2.31. The van der Waals surface area contributed by atoms with Gasteiger partial charge in [0.15, 0.2) is 10.9 Å². The van der Waals surface area contributed by atoms with Gasteiger partial charge in [-0.2, -0.15) is 0 Å². The summed E-state index contributed by atoms with van der Waals surface area (Å²) in [7, 11) is 1.65. The summed E-state index contributed by atoms with van der Waals surface area (Å²) in [6, 6.07) is 9.20. The number of thiazole rings is 1. The highest BCUT2D eigenvalue weighted by Crippen LogP contribution is 2.32. The summed E-state index contributed by atoms with van der Waals surface area (Å²) in [5.41, 5.74) is 2.89. The van der Waals surface area contributed by atoms with E-state index in [0.29, 0.717) is 5.13 Å². The van der Waals surface area contributed by atoms with Gasteiger partial charge in [-0.3, -0.25) is 10.1 Å². The third-order valence-electron chi connectivity index (χ3n) is 3.43. The fourth-order valence-corrected chi connectivity index (χ4v) is 3.14. The number of amides is 1. The Labute approximate surface area is 137 Å². The number of benzene rings is 1. The molecule has 3 rings (SSSR count). The van der Waals surface area contributed by atoms with Gasteiger partial charge in [0.25, 0.3) is 5.91 Å². The second kappa shape index (κ2) is 6.26. The largest absolute Gasteiger partial charge is 0.496 e. The van der Waals surface area contributed by atoms with E-state index in [0.717, 1.165) is 27.4 Å². The molecule has 1 amide bonds. The first-order chi connectivity index (χ1) is 11.1. The van der Waals surface area contributed by atoms with Gasteiger partial charge in [0.1, 0.15) is 5.75 Å². The summed E-state index contributed by atoms with van der Waals surface area (Å²) >= 11 is 1.43. The predicted octanol–water partition coefficient (Wildman–Crippen LogP) is 4.28. The van der Waals surface area contributed by atoms with Gasteiger partial charge in [0.2, 0.25) is 0 Å². The Morgan fingerprint density at radius 3 is 2.78 bits per heavy atom. The molecule has 2 heterocycles. The summed E-state index contributed by atoms with van der Waals surface area (Å²) in [4.78, 5) is 17.6. The molecule has 0 atom stereocenters. The molecule has 1 aromatic carbocycles. The number of carbonyl (C=O) groups is 1. The highest BCUT2D eigenvalue weighted by Gasteiger charge is 2.15. The third kappa shape index (κ3) is 3.12. The van der Waals surface area contributed by atoms with Crippen molar-refractivity contribution in [3.63, 3.8) is 0 Å². The standard InChI is InChI=1S/C17H16N2O3S/c1-10-9-12(6-7-13(10)21-3)15-11(2)23-17(18-15)19-16(20)14-5-4-8-22-14/h4-9H,1-3H3,(H,18,19,20). The Bertz CT molecular complexity index is 838. The molecule has 0 aliphatic heterocycles. The van der Waals surface area contributed by atoms with Crippen LogP contribution in [0.5, 0.6) is 5.75 Å². The van der Waals surface area contributed by atoms with Crippen molar-refractivity contribution in [1.82, 2.24) is 4.98 Å². The minimum atomic E-state index is -0.304. The lowest BCUT2D eigenvalue weighted by atomic mass is 10.1. The summed E-state index contributed by atoms with van der Waals surface area (Å²) in [5.74, 6) is 0.800. The fraction of sp³-hybridized carbons (Fsp3) is 0.176. The van der Waals surface area contributed by atoms with Crippen LogP contribution in [-0.2, 0) is 0 Å². The Morgan fingerprint density at radius 2 is 2.13 bits per heavy atom. The summed E-state index contributed by atoms with van der Waals surface area (Å²) in [6.45, 7) is 3.97. The molecule has 5 nitrogen and oxygen atoms in total. The molecule has 0 saturated heterocycles. The highest BCUT2D eigenvalue weighted by molar-refractivity contribution is 7.16. The molecule has 0 aliphatic carbocycles. The summed E-state index contributed by atoms with van der Waals surface area (Å²) < 4.78 is 10.4. The average Bonchev–Trinajstić information content (AvgIpc) is 3.17. The Balaban J connectivity index is 1.86. The van der Waals surface area contributed by atoms with E-state index in [1.54, 1.807) is 19.2 Å². The van der Waals surface area contributed by atoms with Crippen molar-refractivity contribution >= 4 is 22.4 Å². The molecular weight excluding hydrogens is 312 g/mol. The lowest BCUT2D eigenvalue weighted by molar-refractivity contribution is 0.0996. The first kappa shape index (κ1) is 15.3. The zero-order chi connectivity index (χ0) is 16.4. The number of nitrogens with zero attached hydrogens (tertiary/aromatic N) is 1. The zero-order valence-corrected chi connectivity index (χ0v) is 13.9. The number of methoxy groups -OCH3 is 1. The molecule has 0 aliphatic rings. The zero-order valence-electron chi connectivity index (χ0n) is 13.0. The lowest BCUT2D eigenvalue weighted by Crippen LogP contribution is -2.10. The van der Waals surface area contributed by atoms with E-state index < -0.39 is 0 Å². The van der Waals surface area contributed by atoms with Crippen molar-refractivity contribution in [2.75, 3.05) is 12.4 Å². The molecule has 0 saturated carbocycles. The molecule has 118 valence electrons. The van der Waals surface area contributed by atoms with Crippen molar-refractivity contribution in [3.05, 3.63) is 52.8 Å². The smallest absolute Gasteiger partial charge is 0.293 e. The van der Waals surface area contributed by atoms with E-state index in [-0.39, 0.29) is 11.7 Å². The molecule has 3 aromatic rings. The molecule has 23 heavy (non-hydrogen) atoms. The molecule has 2 aromatic heterocycles. The van der Waals surface area contributed by atoms with Gasteiger partial charge in [-0.25, -0.2) is 4.98 Å². The number of hydrogen-bond acceptors (Lipinski definition) is 5. The molecule has 6 heteroatoms. The second-order valence-electron chi connectivity index (χ2n) is 5.04. The van der Waals surface area contributed by atoms with E-state index >= 15 is 0 Å². The quantitative estimate of drug-likeness (QED) is 0.776. The van der Waals surface area contributed by atoms with Gasteiger partial charge in [0.05, 0.1) is 19.1 Å². The van der Waals surface area contributed by atoms with Crippen LogP contribution >= 0.6 is 11.3 Å². The van der Waals surface area contributed by atoms with Gasteiger partial charge in [-0.15, -0.1) is 11.3 Å². The maximum Gasteiger partial charge on any atom is 0.293 e. The monoisotopic (exact) mass is 328 g/mol. The van der Waals surface area contributed by atoms with Crippen LogP contribution in [0.15, 0.2) is 41.0 Å². The van der Waals surface area contributed by atoms with Crippen LogP contribution in [0.2, 0.25) is 0 Å². The number of carbonyl (C=O) groups excluding carboxylic acids is 1. The van der Waals surface area contributed by atoms with Gasteiger partial charge in [-0.05, 0) is 49.7 Å². The normalized spacial score (nSPS) is 10.6. The number of hydrogen-bond donors (Lipinski definition) is 1. The van der Waals surface area contributed by atoms with Crippen LogP contribution in [0.1, 0.15) is 21.0 Å².